The first-order valence-corrected chi connectivity index (χ1v) is 10.8. The number of hydrogen-bond donors (Lipinski definition) is 2. The molecule has 168 valence electrons. The summed E-state index contributed by atoms with van der Waals surface area (Å²) in [5.41, 5.74) is 0.200. The summed E-state index contributed by atoms with van der Waals surface area (Å²) in [5, 5.41) is 19.8. The minimum Gasteiger partial charge on any atom is -0.452 e. The van der Waals surface area contributed by atoms with Gasteiger partial charge < -0.3 is 19.7 Å². The molecule has 0 radical (unpaired) electrons. The van der Waals surface area contributed by atoms with E-state index in [2.05, 4.69) is 19.1 Å². The number of ether oxygens (including phenoxy) is 2. The number of fused-ring (bicyclic) bond motifs is 1. The van der Waals surface area contributed by atoms with Gasteiger partial charge in [0.05, 0.1) is 18.3 Å². The highest BCUT2D eigenvalue weighted by Crippen LogP contribution is 2.45. The molecule has 1 saturated heterocycles. The van der Waals surface area contributed by atoms with E-state index >= 15 is 0 Å². The molecule has 5 nitrogen and oxygen atoms in total. The topological polar surface area (TPSA) is 79.3 Å². The van der Waals surface area contributed by atoms with E-state index in [0.717, 1.165) is 30.4 Å². The Morgan fingerprint density at radius 2 is 2.07 bits per heavy atom. The molecule has 1 heterocycles. The molecule has 0 bridgehead atoms. The Kier molecular flexibility index (Phi) is 7.89. The van der Waals surface area contributed by atoms with Crippen molar-refractivity contribution < 1.29 is 24.5 Å². The summed E-state index contributed by atoms with van der Waals surface area (Å²) in [5.74, 6) is -0.368. The van der Waals surface area contributed by atoms with Crippen LogP contribution >= 0.6 is 0 Å². The second-order valence-corrected chi connectivity index (χ2v) is 9.91. The number of allylic oxidation sites excluding steroid dienone is 4. The van der Waals surface area contributed by atoms with Crippen molar-refractivity contribution in [3.63, 3.8) is 0 Å². The van der Waals surface area contributed by atoms with Crippen molar-refractivity contribution in [3.05, 3.63) is 47.6 Å². The molecule has 0 aromatic carbocycles. The molecule has 0 amide bonds. The zero-order valence-corrected chi connectivity index (χ0v) is 19.3. The minimum atomic E-state index is -0.870. The van der Waals surface area contributed by atoms with Crippen LogP contribution in [0, 0.1) is 5.41 Å². The molecule has 0 saturated carbocycles. The molecule has 30 heavy (non-hydrogen) atoms. The van der Waals surface area contributed by atoms with Gasteiger partial charge in [0.2, 0.25) is 0 Å². The normalized spacial score (nSPS) is 34.9. The molecule has 2 aliphatic rings. The molecular weight excluding hydrogens is 380 g/mol. The van der Waals surface area contributed by atoms with Gasteiger partial charge >= 0.3 is 5.97 Å². The Bertz CT molecular complexity index is 735. The SMILES string of the molecule is CC(C)=CC(=O)O[C@@H]1/C=C\[C@@](C)(C/C=C/C(C)(C)O)C/C=C(/CO)CC[C@@H]2O[C@]21C. The van der Waals surface area contributed by atoms with Crippen molar-refractivity contribution in [2.24, 2.45) is 5.41 Å². The standard InChI is InChI=1S/C25H38O5/c1-18(2)16-22(27)29-20-11-15-24(5,13-7-12-23(3,4)28)14-10-19(17-26)8-9-21-25(20,6)30-21/h7,10-12,15-16,20-21,26,28H,8-9,13-14,17H2,1-6H3/b12-7+,15-11-,19-10+/t20-,21+,24+,25+/m1/s1. The van der Waals surface area contributed by atoms with Gasteiger partial charge in [0.25, 0.3) is 0 Å². The maximum Gasteiger partial charge on any atom is 0.331 e. The predicted octanol–water partition coefficient (Wildman–Crippen LogP) is 4.40. The summed E-state index contributed by atoms with van der Waals surface area (Å²) in [6.07, 6.45) is 13.9. The molecule has 4 atom stereocenters. The first kappa shape index (κ1) is 24.6. The number of epoxide rings is 1. The van der Waals surface area contributed by atoms with Crippen LogP contribution in [0.3, 0.4) is 0 Å². The van der Waals surface area contributed by atoms with Crippen LogP contribution < -0.4 is 0 Å². The van der Waals surface area contributed by atoms with Crippen molar-refractivity contribution in [2.75, 3.05) is 6.61 Å². The van der Waals surface area contributed by atoms with E-state index < -0.39 is 17.3 Å². The molecular formula is C25H38O5. The van der Waals surface area contributed by atoms with E-state index in [4.69, 9.17) is 9.47 Å². The highest BCUT2D eigenvalue weighted by molar-refractivity contribution is 5.83. The van der Waals surface area contributed by atoms with E-state index in [1.165, 1.54) is 6.08 Å². The highest BCUT2D eigenvalue weighted by atomic mass is 16.6. The molecule has 5 heteroatoms. The van der Waals surface area contributed by atoms with Gasteiger partial charge in [0.15, 0.2) is 6.10 Å². The lowest BCUT2D eigenvalue weighted by molar-refractivity contribution is -0.143. The second kappa shape index (κ2) is 9.63. The van der Waals surface area contributed by atoms with Crippen molar-refractivity contribution in [1.82, 2.24) is 0 Å². The third-order valence-electron chi connectivity index (χ3n) is 5.76. The molecule has 2 N–H and O–H groups in total. The third-order valence-corrected chi connectivity index (χ3v) is 5.76. The van der Waals surface area contributed by atoms with Crippen LogP contribution in [0.15, 0.2) is 47.6 Å². The summed E-state index contributed by atoms with van der Waals surface area (Å²) in [4.78, 5) is 12.3. The first-order chi connectivity index (χ1) is 13.9. The Morgan fingerprint density at radius 1 is 1.37 bits per heavy atom. The van der Waals surface area contributed by atoms with Crippen LogP contribution in [0.25, 0.3) is 0 Å². The Morgan fingerprint density at radius 3 is 2.67 bits per heavy atom. The summed E-state index contributed by atoms with van der Waals surface area (Å²) in [6, 6.07) is 0. The van der Waals surface area contributed by atoms with Gasteiger partial charge in [-0.2, -0.15) is 0 Å². The fourth-order valence-electron chi connectivity index (χ4n) is 3.71. The maximum atomic E-state index is 12.3. The lowest BCUT2D eigenvalue weighted by Gasteiger charge is -2.26. The first-order valence-electron chi connectivity index (χ1n) is 10.8. The number of hydrogen-bond acceptors (Lipinski definition) is 5. The number of aliphatic hydroxyl groups is 2. The molecule has 0 aromatic rings. The molecule has 1 aliphatic carbocycles. The van der Waals surface area contributed by atoms with Crippen LogP contribution in [-0.4, -0.2) is 46.2 Å². The van der Waals surface area contributed by atoms with Crippen LogP contribution in [0.5, 0.6) is 0 Å². The van der Waals surface area contributed by atoms with E-state index in [-0.39, 0.29) is 24.1 Å². The van der Waals surface area contributed by atoms with Crippen LogP contribution in [0.2, 0.25) is 0 Å². The van der Waals surface area contributed by atoms with Gasteiger partial charge in [-0.05, 0) is 77.4 Å². The van der Waals surface area contributed by atoms with Crippen molar-refractivity contribution >= 4 is 5.97 Å². The second-order valence-electron chi connectivity index (χ2n) is 9.91. The summed E-state index contributed by atoms with van der Waals surface area (Å²) in [7, 11) is 0. The van der Waals surface area contributed by atoms with E-state index in [9.17, 15) is 15.0 Å². The lowest BCUT2D eigenvalue weighted by atomic mass is 9.81. The molecule has 0 spiro atoms. The third kappa shape index (κ3) is 7.22. The van der Waals surface area contributed by atoms with E-state index in [0.29, 0.717) is 6.42 Å². The van der Waals surface area contributed by atoms with Crippen LogP contribution in [-0.2, 0) is 14.3 Å². The number of carbonyl (C=O) groups is 1. The monoisotopic (exact) mass is 418 g/mol. The van der Waals surface area contributed by atoms with Crippen molar-refractivity contribution in [2.45, 2.75) is 90.6 Å². The summed E-state index contributed by atoms with van der Waals surface area (Å²) >= 11 is 0. The molecule has 1 fully saturated rings. The summed E-state index contributed by atoms with van der Waals surface area (Å²) < 4.78 is 11.8. The maximum absolute atomic E-state index is 12.3. The van der Waals surface area contributed by atoms with Crippen LogP contribution in [0.4, 0.5) is 0 Å². The number of esters is 1. The summed E-state index contributed by atoms with van der Waals surface area (Å²) in [6.45, 7) is 11.3. The quantitative estimate of drug-likeness (QED) is 0.289. The van der Waals surface area contributed by atoms with Gasteiger partial charge in [-0.3, -0.25) is 0 Å². The fraction of sp³-hybridized carbons (Fsp3) is 0.640. The zero-order valence-electron chi connectivity index (χ0n) is 19.3. The zero-order chi connectivity index (χ0) is 22.6. The van der Waals surface area contributed by atoms with Crippen molar-refractivity contribution in [1.29, 1.82) is 0 Å². The molecule has 1 aliphatic heterocycles. The minimum absolute atomic E-state index is 0.0129. The van der Waals surface area contributed by atoms with Crippen molar-refractivity contribution in [3.8, 4) is 0 Å². The average Bonchev–Trinajstić information content (AvgIpc) is 3.28. The fourth-order valence-corrected chi connectivity index (χ4v) is 3.71. The number of rotatable bonds is 6. The predicted molar refractivity (Wildman–Crippen MR) is 119 cm³/mol. The van der Waals surface area contributed by atoms with Crippen LogP contribution in [0.1, 0.15) is 67.2 Å². The van der Waals surface area contributed by atoms with Gasteiger partial charge in [-0.25, -0.2) is 4.79 Å². The molecule has 0 unspecified atom stereocenters. The lowest BCUT2D eigenvalue weighted by Crippen LogP contribution is -2.32. The largest absolute Gasteiger partial charge is 0.452 e. The smallest absolute Gasteiger partial charge is 0.331 e. The Balaban J connectivity index is 2.32. The van der Waals surface area contributed by atoms with Gasteiger partial charge in [-0.1, -0.05) is 36.8 Å². The van der Waals surface area contributed by atoms with Gasteiger partial charge in [-0.15, -0.1) is 0 Å². The number of carbonyl (C=O) groups excluding carboxylic acids is 1. The van der Waals surface area contributed by atoms with E-state index in [1.807, 2.05) is 32.9 Å². The van der Waals surface area contributed by atoms with Gasteiger partial charge in [0, 0.05) is 6.08 Å². The number of aliphatic hydroxyl groups excluding tert-OH is 1. The van der Waals surface area contributed by atoms with E-state index in [1.54, 1.807) is 19.9 Å². The average molecular weight is 419 g/mol. The Hall–Kier alpha value is -1.69. The van der Waals surface area contributed by atoms with Gasteiger partial charge in [0.1, 0.15) is 5.60 Å². The molecule has 2 rings (SSSR count). The highest BCUT2D eigenvalue weighted by Gasteiger charge is 2.58. The molecule has 0 aromatic heterocycles. The Labute approximate surface area is 181 Å².